The first-order valence-electron chi connectivity index (χ1n) is 3.62. The fourth-order valence-electron chi connectivity index (χ4n) is 1.09. The van der Waals surface area contributed by atoms with Gasteiger partial charge in [-0.3, -0.25) is 5.32 Å². The van der Waals surface area contributed by atoms with Crippen molar-refractivity contribution in [1.82, 2.24) is 20.1 Å². The molecule has 1 atom stereocenters. The Kier molecular flexibility index (Phi) is 1.83. The van der Waals surface area contributed by atoms with Crippen LogP contribution < -0.4 is 5.32 Å². The van der Waals surface area contributed by atoms with Crippen LogP contribution in [-0.2, 0) is 11.3 Å². The van der Waals surface area contributed by atoms with E-state index >= 15 is 0 Å². The van der Waals surface area contributed by atoms with E-state index in [4.69, 9.17) is 4.74 Å². The topological polar surface area (TPSA) is 52.0 Å². The van der Waals surface area contributed by atoms with Gasteiger partial charge in [-0.1, -0.05) is 0 Å². The predicted molar refractivity (Wildman–Crippen MR) is 37.8 cm³/mol. The molecule has 5 heteroatoms. The third-order valence-electron chi connectivity index (χ3n) is 1.61. The Hall–Kier alpha value is -0.940. The molecule has 0 bridgehead atoms. The molecule has 1 aromatic heterocycles. The van der Waals surface area contributed by atoms with E-state index in [-0.39, 0.29) is 6.23 Å². The van der Waals surface area contributed by atoms with Crippen LogP contribution in [0.25, 0.3) is 0 Å². The minimum absolute atomic E-state index is 0.108. The van der Waals surface area contributed by atoms with Crippen LogP contribution in [0.15, 0.2) is 12.7 Å². The van der Waals surface area contributed by atoms with E-state index in [0.29, 0.717) is 0 Å². The Morgan fingerprint density at radius 1 is 1.73 bits per heavy atom. The molecule has 0 saturated carbocycles. The quantitative estimate of drug-likeness (QED) is 0.607. The van der Waals surface area contributed by atoms with Gasteiger partial charge in [0.15, 0.2) is 0 Å². The maximum Gasteiger partial charge on any atom is 0.137 e. The van der Waals surface area contributed by atoms with E-state index < -0.39 is 0 Å². The lowest BCUT2D eigenvalue weighted by Gasteiger charge is -2.08. The van der Waals surface area contributed by atoms with Crippen molar-refractivity contribution in [2.45, 2.75) is 12.8 Å². The van der Waals surface area contributed by atoms with Gasteiger partial charge in [0.25, 0.3) is 0 Å². The van der Waals surface area contributed by atoms with Crippen LogP contribution in [0, 0.1) is 0 Å². The summed E-state index contributed by atoms with van der Waals surface area (Å²) < 4.78 is 7.08. The Bertz CT molecular complexity index is 204. The van der Waals surface area contributed by atoms with E-state index in [1.807, 2.05) is 0 Å². The normalized spacial score (nSPS) is 24.2. The average molecular weight is 154 g/mol. The molecule has 0 aromatic carbocycles. The van der Waals surface area contributed by atoms with Crippen molar-refractivity contribution >= 4 is 0 Å². The Balaban J connectivity index is 1.90. The van der Waals surface area contributed by atoms with E-state index in [9.17, 15) is 0 Å². The second kappa shape index (κ2) is 2.98. The van der Waals surface area contributed by atoms with Gasteiger partial charge in [-0.15, -0.1) is 0 Å². The van der Waals surface area contributed by atoms with Crippen LogP contribution in [0.5, 0.6) is 0 Å². The first kappa shape index (κ1) is 6.75. The van der Waals surface area contributed by atoms with Crippen molar-refractivity contribution in [3.05, 3.63) is 12.7 Å². The van der Waals surface area contributed by atoms with Gasteiger partial charge in [0.05, 0.1) is 13.2 Å². The lowest BCUT2D eigenvalue weighted by molar-refractivity contribution is 0.0838. The van der Waals surface area contributed by atoms with E-state index in [2.05, 4.69) is 15.4 Å². The van der Waals surface area contributed by atoms with Crippen LogP contribution in [0.4, 0.5) is 0 Å². The van der Waals surface area contributed by atoms with Gasteiger partial charge in [0, 0.05) is 6.54 Å². The molecule has 1 aliphatic rings. The second-order valence-electron chi connectivity index (χ2n) is 2.43. The Labute approximate surface area is 64.4 Å². The third kappa shape index (κ3) is 1.55. The second-order valence-corrected chi connectivity index (χ2v) is 2.43. The molecule has 0 spiro atoms. The number of nitrogens with one attached hydrogen (secondary N) is 1. The van der Waals surface area contributed by atoms with Crippen LogP contribution in [0.1, 0.15) is 0 Å². The summed E-state index contributed by atoms with van der Waals surface area (Å²) in [6.07, 6.45) is 3.31. The van der Waals surface area contributed by atoms with Gasteiger partial charge in [0.2, 0.25) is 0 Å². The standard InChI is InChI=1S/C6H10N4O/c1-2-11-6(8-1)3-10-5-7-4-9-10/h4-6,8H,1-3H2. The third-order valence-corrected chi connectivity index (χ3v) is 1.61. The molecule has 1 unspecified atom stereocenters. The van der Waals surface area contributed by atoms with Crippen LogP contribution in [0.3, 0.4) is 0 Å². The zero-order chi connectivity index (χ0) is 7.52. The van der Waals surface area contributed by atoms with Gasteiger partial charge >= 0.3 is 0 Å². The van der Waals surface area contributed by atoms with Gasteiger partial charge in [-0.05, 0) is 0 Å². The van der Waals surface area contributed by atoms with Gasteiger partial charge < -0.3 is 4.74 Å². The SMILES string of the molecule is c1ncn(CC2NCCO2)n1. The fraction of sp³-hybridized carbons (Fsp3) is 0.667. The summed E-state index contributed by atoms with van der Waals surface area (Å²) in [7, 11) is 0. The molecule has 0 amide bonds. The van der Waals surface area contributed by atoms with Crippen LogP contribution in [-0.4, -0.2) is 34.1 Å². The van der Waals surface area contributed by atoms with Crippen molar-refractivity contribution in [1.29, 1.82) is 0 Å². The molecule has 1 fully saturated rings. The van der Waals surface area contributed by atoms with Crippen molar-refractivity contribution in [3.8, 4) is 0 Å². The molecule has 0 aliphatic carbocycles. The smallest absolute Gasteiger partial charge is 0.137 e. The van der Waals surface area contributed by atoms with Gasteiger partial charge in [-0.2, -0.15) is 5.10 Å². The molecule has 1 aromatic rings. The van der Waals surface area contributed by atoms with Crippen LogP contribution in [0.2, 0.25) is 0 Å². The number of ether oxygens (including phenoxy) is 1. The van der Waals surface area contributed by atoms with E-state index in [0.717, 1.165) is 19.7 Å². The molecule has 2 rings (SSSR count). The molecular formula is C6H10N4O. The first-order valence-corrected chi connectivity index (χ1v) is 3.62. The average Bonchev–Trinajstić information content (AvgIpc) is 2.60. The first-order chi connectivity index (χ1) is 5.45. The van der Waals surface area contributed by atoms with Gasteiger partial charge in [-0.25, -0.2) is 9.67 Å². The molecular weight excluding hydrogens is 144 g/mol. The molecule has 2 heterocycles. The summed E-state index contributed by atoms with van der Waals surface area (Å²) in [6.45, 7) is 2.46. The Morgan fingerprint density at radius 3 is 3.36 bits per heavy atom. The summed E-state index contributed by atoms with van der Waals surface area (Å²) in [5, 5.41) is 7.15. The number of rotatable bonds is 2. The zero-order valence-electron chi connectivity index (χ0n) is 6.10. The molecule has 60 valence electrons. The molecule has 5 nitrogen and oxygen atoms in total. The minimum atomic E-state index is 0.108. The molecule has 1 N–H and O–H groups in total. The van der Waals surface area contributed by atoms with Crippen molar-refractivity contribution in [2.75, 3.05) is 13.2 Å². The van der Waals surface area contributed by atoms with Crippen LogP contribution >= 0.6 is 0 Å². The summed E-state index contributed by atoms with van der Waals surface area (Å²) in [5.74, 6) is 0. The highest BCUT2D eigenvalue weighted by atomic mass is 16.5. The molecule has 1 saturated heterocycles. The van der Waals surface area contributed by atoms with E-state index in [1.165, 1.54) is 6.33 Å². The minimum Gasteiger partial charge on any atom is -0.360 e. The van der Waals surface area contributed by atoms with E-state index in [1.54, 1.807) is 11.0 Å². The number of aromatic nitrogens is 3. The predicted octanol–water partition coefficient (Wildman–Crippen LogP) is -0.776. The summed E-state index contributed by atoms with van der Waals surface area (Å²) in [5.41, 5.74) is 0. The maximum absolute atomic E-state index is 5.33. The molecule has 0 radical (unpaired) electrons. The highest BCUT2D eigenvalue weighted by molar-refractivity contribution is 4.65. The lowest BCUT2D eigenvalue weighted by Crippen LogP contribution is -2.28. The number of hydrogen-bond donors (Lipinski definition) is 1. The van der Waals surface area contributed by atoms with Crippen molar-refractivity contribution < 1.29 is 4.74 Å². The monoisotopic (exact) mass is 154 g/mol. The largest absolute Gasteiger partial charge is 0.360 e. The fourth-order valence-corrected chi connectivity index (χ4v) is 1.09. The van der Waals surface area contributed by atoms with Crippen molar-refractivity contribution in [2.24, 2.45) is 0 Å². The summed E-state index contributed by atoms with van der Waals surface area (Å²) in [4.78, 5) is 3.83. The lowest BCUT2D eigenvalue weighted by atomic mass is 10.5. The Morgan fingerprint density at radius 2 is 2.73 bits per heavy atom. The maximum atomic E-state index is 5.33. The highest BCUT2D eigenvalue weighted by Crippen LogP contribution is 1.97. The highest BCUT2D eigenvalue weighted by Gasteiger charge is 2.14. The molecule has 11 heavy (non-hydrogen) atoms. The van der Waals surface area contributed by atoms with Gasteiger partial charge in [0.1, 0.15) is 18.9 Å². The number of nitrogens with zero attached hydrogens (tertiary/aromatic N) is 3. The zero-order valence-corrected chi connectivity index (χ0v) is 6.10. The summed E-state index contributed by atoms with van der Waals surface area (Å²) >= 11 is 0. The number of hydrogen-bond acceptors (Lipinski definition) is 4. The summed E-state index contributed by atoms with van der Waals surface area (Å²) in [6, 6.07) is 0. The van der Waals surface area contributed by atoms with Crippen molar-refractivity contribution in [3.63, 3.8) is 0 Å². The molecule has 1 aliphatic heterocycles.